The first-order valence-corrected chi connectivity index (χ1v) is 10.5. The number of anilines is 1. The Labute approximate surface area is 182 Å². The van der Waals surface area contributed by atoms with Gasteiger partial charge in [-0.25, -0.2) is 0 Å². The SMILES string of the molecule is CC(CNc1oc(-c2ccc(OCc3ccccc3)cc2)nc1C#N)N1CCOCC1. The predicted octanol–water partition coefficient (Wildman–Crippen LogP) is 3.92. The number of nitrogens with one attached hydrogen (secondary N) is 1. The zero-order valence-electron chi connectivity index (χ0n) is 17.6. The van der Waals surface area contributed by atoms with Crippen molar-refractivity contribution >= 4 is 5.88 Å². The summed E-state index contributed by atoms with van der Waals surface area (Å²) in [4.78, 5) is 6.70. The second kappa shape index (κ2) is 10.1. The fraction of sp³-hybridized carbons (Fsp3) is 0.333. The van der Waals surface area contributed by atoms with Gasteiger partial charge in [-0.15, -0.1) is 0 Å². The summed E-state index contributed by atoms with van der Waals surface area (Å²) in [5.41, 5.74) is 2.16. The molecule has 1 saturated heterocycles. The molecule has 0 bridgehead atoms. The van der Waals surface area contributed by atoms with Crippen molar-refractivity contribution in [1.29, 1.82) is 5.26 Å². The van der Waals surface area contributed by atoms with Gasteiger partial charge in [0.25, 0.3) is 0 Å². The summed E-state index contributed by atoms with van der Waals surface area (Å²) in [5, 5.41) is 12.7. The van der Waals surface area contributed by atoms with Crippen molar-refractivity contribution in [3.63, 3.8) is 0 Å². The Morgan fingerprint density at radius 3 is 2.58 bits per heavy atom. The lowest BCUT2D eigenvalue weighted by molar-refractivity contribution is 0.0226. The summed E-state index contributed by atoms with van der Waals surface area (Å²) in [6, 6.07) is 19.9. The van der Waals surface area contributed by atoms with E-state index in [1.54, 1.807) is 0 Å². The molecule has 2 heterocycles. The lowest BCUT2D eigenvalue weighted by Gasteiger charge is -2.32. The van der Waals surface area contributed by atoms with Gasteiger partial charge in [-0.1, -0.05) is 30.3 Å². The molecule has 0 radical (unpaired) electrons. The van der Waals surface area contributed by atoms with Crippen LogP contribution in [-0.4, -0.2) is 48.8 Å². The van der Waals surface area contributed by atoms with E-state index in [4.69, 9.17) is 13.9 Å². The topological polar surface area (TPSA) is 83.6 Å². The first kappa shape index (κ1) is 20.9. The summed E-state index contributed by atoms with van der Waals surface area (Å²) in [6.45, 7) is 6.65. The van der Waals surface area contributed by atoms with Crippen LogP contribution in [-0.2, 0) is 11.3 Å². The fourth-order valence-corrected chi connectivity index (χ4v) is 3.46. The Kier molecular flexibility index (Phi) is 6.82. The Morgan fingerprint density at radius 2 is 1.87 bits per heavy atom. The predicted molar refractivity (Wildman–Crippen MR) is 118 cm³/mol. The van der Waals surface area contributed by atoms with Gasteiger partial charge < -0.3 is 19.2 Å². The second-order valence-electron chi connectivity index (χ2n) is 7.49. The van der Waals surface area contributed by atoms with Gasteiger partial charge in [0.2, 0.25) is 17.5 Å². The van der Waals surface area contributed by atoms with Crippen molar-refractivity contribution in [2.45, 2.75) is 19.6 Å². The summed E-state index contributed by atoms with van der Waals surface area (Å²) in [6.07, 6.45) is 0. The lowest BCUT2D eigenvalue weighted by Crippen LogP contribution is -2.45. The number of morpholine rings is 1. The molecule has 3 aromatic rings. The Hall–Kier alpha value is -3.34. The maximum Gasteiger partial charge on any atom is 0.232 e. The summed E-state index contributed by atoms with van der Waals surface area (Å²) < 4.78 is 17.1. The van der Waals surface area contributed by atoms with Crippen LogP contribution in [0.4, 0.5) is 5.88 Å². The summed E-state index contributed by atoms with van der Waals surface area (Å²) >= 11 is 0. The quantitative estimate of drug-likeness (QED) is 0.593. The molecule has 4 rings (SSSR count). The summed E-state index contributed by atoms with van der Waals surface area (Å²) in [5.74, 6) is 1.58. The Balaban J connectivity index is 1.38. The van der Waals surface area contributed by atoms with Gasteiger partial charge in [-0.05, 0) is 36.8 Å². The van der Waals surface area contributed by atoms with Gasteiger partial charge in [0.05, 0.1) is 13.2 Å². The van der Waals surface area contributed by atoms with Crippen LogP contribution in [0.25, 0.3) is 11.5 Å². The van der Waals surface area contributed by atoms with E-state index in [1.165, 1.54) is 0 Å². The Bertz CT molecular complexity index is 1010. The molecule has 1 aliphatic heterocycles. The van der Waals surface area contributed by atoms with Gasteiger partial charge in [0.15, 0.2) is 0 Å². The van der Waals surface area contributed by atoms with Crippen LogP contribution in [0.1, 0.15) is 18.2 Å². The molecule has 0 spiro atoms. The fourth-order valence-electron chi connectivity index (χ4n) is 3.46. The van der Waals surface area contributed by atoms with Gasteiger partial charge >= 0.3 is 0 Å². The molecule has 1 atom stereocenters. The molecular weight excluding hydrogens is 392 g/mol. The monoisotopic (exact) mass is 418 g/mol. The van der Waals surface area contributed by atoms with Gasteiger partial charge in [0, 0.05) is 31.2 Å². The number of hydrogen-bond acceptors (Lipinski definition) is 7. The maximum atomic E-state index is 9.46. The van der Waals surface area contributed by atoms with Crippen LogP contribution in [0.2, 0.25) is 0 Å². The second-order valence-corrected chi connectivity index (χ2v) is 7.49. The van der Waals surface area contributed by atoms with Crippen molar-refractivity contribution < 1.29 is 13.9 Å². The standard InChI is InChI=1S/C24H26N4O3/c1-18(28-11-13-29-14-12-28)16-26-24-22(15-25)27-23(31-24)20-7-9-21(10-8-20)30-17-19-5-3-2-4-6-19/h2-10,18,26H,11-14,16-17H2,1H3. The zero-order valence-corrected chi connectivity index (χ0v) is 17.6. The van der Waals surface area contributed by atoms with Crippen LogP contribution in [0.5, 0.6) is 5.75 Å². The van der Waals surface area contributed by atoms with E-state index < -0.39 is 0 Å². The van der Waals surface area contributed by atoms with Crippen LogP contribution < -0.4 is 10.1 Å². The van der Waals surface area contributed by atoms with E-state index in [2.05, 4.69) is 28.2 Å². The van der Waals surface area contributed by atoms with Crippen molar-refractivity contribution in [2.24, 2.45) is 0 Å². The molecule has 0 amide bonds. The molecule has 7 heteroatoms. The van der Waals surface area contributed by atoms with Crippen molar-refractivity contribution in [3.05, 3.63) is 65.9 Å². The van der Waals surface area contributed by atoms with Crippen LogP contribution >= 0.6 is 0 Å². The third kappa shape index (κ3) is 5.43. The highest BCUT2D eigenvalue weighted by molar-refractivity contribution is 5.59. The number of rotatable bonds is 8. The molecule has 160 valence electrons. The molecule has 31 heavy (non-hydrogen) atoms. The van der Waals surface area contributed by atoms with Crippen LogP contribution in [0, 0.1) is 11.3 Å². The van der Waals surface area contributed by atoms with Crippen LogP contribution in [0.15, 0.2) is 59.0 Å². The average Bonchev–Trinajstić information content (AvgIpc) is 3.26. The molecule has 1 aromatic heterocycles. The molecule has 1 N–H and O–H groups in total. The summed E-state index contributed by atoms with van der Waals surface area (Å²) in [7, 11) is 0. The average molecular weight is 418 g/mol. The van der Waals surface area contributed by atoms with E-state index >= 15 is 0 Å². The van der Waals surface area contributed by atoms with Gasteiger partial charge in [0.1, 0.15) is 18.4 Å². The number of aromatic nitrogens is 1. The molecule has 0 saturated carbocycles. The van der Waals surface area contributed by atoms with E-state index in [-0.39, 0.29) is 5.69 Å². The van der Waals surface area contributed by atoms with Crippen LogP contribution in [0.3, 0.4) is 0 Å². The number of ether oxygens (including phenoxy) is 2. The third-order valence-corrected chi connectivity index (χ3v) is 5.31. The third-order valence-electron chi connectivity index (χ3n) is 5.31. The van der Waals surface area contributed by atoms with Gasteiger partial charge in [-0.2, -0.15) is 10.2 Å². The highest BCUT2D eigenvalue weighted by atomic mass is 16.5. The maximum absolute atomic E-state index is 9.46. The van der Waals surface area contributed by atoms with Crippen molar-refractivity contribution in [3.8, 4) is 23.3 Å². The highest BCUT2D eigenvalue weighted by Crippen LogP contribution is 2.27. The number of nitrogens with zero attached hydrogens (tertiary/aromatic N) is 3. The first-order valence-electron chi connectivity index (χ1n) is 10.5. The van der Waals surface area contributed by atoms with Gasteiger partial charge in [-0.3, -0.25) is 4.90 Å². The molecule has 1 fully saturated rings. The van der Waals surface area contributed by atoms with E-state index in [1.807, 2.05) is 54.6 Å². The molecule has 2 aromatic carbocycles. The largest absolute Gasteiger partial charge is 0.489 e. The van der Waals surface area contributed by atoms with E-state index in [0.29, 0.717) is 31.0 Å². The minimum absolute atomic E-state index is 0.258. The van der Waals surface area contributed by atoms with Crippen molar-refractivity contribution in [2.75, 3.05) is 38.2 Å². The Morgan fingerprint density at radius 1 is 1.13 bits per heavy atom. The molecule has 1 unspecified atom stereocenters. The molecular formula is C24H26N4O3. The normalized spacial score (nSPS) is 15.2. The number of oxazole rings is 1. The lowest BCUT2D eigenvalue weighted by atomic mass is 10.2. The molecule has 0 aliphatic carbocycles. The number of nitriles is 1. The van der Waals surface area contributed by atoms with E-state index in [0.717, 1.165) is 43.2 Å². The van der Waals surface area contributed by atoms with Crippen molar-refractivity contribution in [1.82, 2.24) is 9.88 Å². The first-order chi connectivity index (χ1) is 15.2. The molecule has 1 aliphatic rings. The zero-order chi connectivity index (χ0) is 21.5. The van der Waals surface area contributed by atoms with E-state index in [9.17, 15) is 5.26 Å². The smallest absolute Gasteiger partial charge is 0.232 e. The molecule has 7 nitrogen and oxygen atoms in total. The number of benzene rings is 2. The minimum Gasteiger partial charge on any atom is -0.489 e. The minimum atomic E-state index is 0.258. The number of hydrogen-bond donors (Lipinski definition) is 1. The highest BCUT2D eigenvalue weighted by Gasteiger charge is 2.19.